The van der Waals surface area contributed by atoms with Crippen LogP contribution in [-0.4, -0.2) is 17.9 Å². The Kier molecular flexibility index (Phi) is 3.96. The van der Waals surface area contributed by atoms with Crippen molar-refractivity contribution in [1.82, 2.24) is 0 Å². The molecule has 2 atom stereocenters. The molecule has 0 spiro atoms. The fraction of sp³-hybridized carbons (Fsp3) is 0.400. The van der Waals surface area contributed by atoms with Gasteiger partial charge in [0.2, 0.25) is 0 Å². The van der Waals surface area contributed by atoms with Crippen LogP contribution in [0.4, 0.5) is 0 Å². The largest absolute Gasteiger partial charge is 0.457 e. The summed E-state index contributed by atoms with van der Waals surface area (Å²) in [5.74, 6) is -0.664. The van der Waals surface area contributed by atoms with Crippen LogP contribution in [0, 0.1) is 17.2 Å². The van der Waals surface area contributed by atoms with Crippen LogP contribution in [0.3, 0.4) is 0 Å². The number of hydrogen-bond donors (Lipinski definition) is 0. The highest BCUT2D eigenvalue weighted by Crippen LogP contribution is 2.28. The van der Waals surface area contributed by atoms with Crippen molar-refractivity contribution in [3.8, 4) is 6.07 Å². The van der Waals surface area contributed by atoms with Crippen molar-refractivity contribution in [1.29, 1.82) is 5.26 Å². The highest BCUT2D eigenvalue weighted by molar-refractivity contribution is 5.96. The lowest BCUT2D eigenvalue weighted by Gasteiger charge is -2.14. The van der Waals surface area contributed by atoms with Gasteiger partial charge in [-0.1, -0.05) is 12.1 Å². The highest BCUT2D eigenvalue weighted by Gasteiger charge is 2.30. The number of esters is 1. The summed E-state index contributed by atoms with van der Waals surface area (Å²) in [6, 6.07) is 8.54. The van der Waals surface area contributed by atoms with Crippen LogP contribution in [-0.2, 0) is 4.74 Å². The minimum atomic E-state index is -0.428. The van der Waals surface area contributed by atoms with E-state index in [1.54, 1.807) is 24.3 Å². The van der Waals surface area contributed by atoms with Gasteiger partial charge in [0.15, 0.2) is 5.78 Å². The van der Waals surface area contributed by atoms with E-state index in [2.05, 4.69) is 6.07 Å². The topological polar surface area (TPSA) is 67.2 Å². The number of rotatable bonds is 3. The monoisotopic (exact) mass is 257 g/mol. The van der Waals surface area contributed by atoms with Gasteiger partial charge in [-0.05, 0) is 38.3 Å². The van der Waals surface area contributed by atoms with Gasteiger partial charge in [0, 0.05) is 5.56 Å². The molecular formula is C15H15NO3. The van der Waals surface area contributed by atoms with Crippen LogP contribution in [0.25, 0.3) is 0 Å². The van der Waals surface area contributed by atoms with E-state index in [0.29, 0.717) is 11.1 Å². The van der Waals surface area contributed by atoms with Crippen LogP contribution in [0.2, 0.25) is 0 Å². The van der Waals surface area contributed by atoms with Gasteiger partial charge < -0.3 is 4.74 Å². The summed E-state index contributed by atoms with van der Waals surface area (Å²) in [4.78, 5) is 23.1. The summed E-state index contributed by atoms with van der Waals surface area (Å²) in [5.41, 5.74) is 0.973. The smallest absolute Gasteiger partial charge is 0.338 e. The van der Waals surface area contributed by atoms with Crippen molar-refractivity contribution in [2.75, 3.05) is 0 Å². The molecule has 0 amide bonds. The molecule has 1 aromatic carbocycles. The summed E-state index contributed by atoms with van der Waals surface area (Å²) in [6.07, 6.45) is 2.15. The van der Waals surface area contributed by atoms with Gasteiger partial charge in [-0.2, -0.15) is 5.26 Å². The second-order valence-electron chi connectivity index (χ2n) is 4.74. The molecule has 0 aromatic heterocycles. The Morgan fingerprint density at radius 2 is 1.84 bits per heavy atom. The molecule has 4 nitrogen and oxygen atoms in total. The Morgan fingerprint density at radius 3 is 2.42 bits per heavy atom. The maximum atomic E-state index is 11.9. The zero-order valence-corrected chi connectivity index (χ0v) is 10.8. The van der Waals surface area contributed by atoms with Crippen LogP contribution in [0.5, 0.6) is 0 Å². The third kappa shape index (κ3) is 3.00. The van der Waals surface area contributed by atoms with Gasteiger partial charge in [0.25, 0.3) is 0 Å². The molecule has 1 aromatic rings. The number of ketones is 1. The van der Waals surface area contributed by atoms with Crippen molar-refractivity contribution in [3.63, 3.8) is 0 Å². The van der Waals surface area contributed by atoms with E-state index in [0.717, 1.165) is 19.3 Å². The number of nitrogens with zero attached hydrogens (tertiary/aromatic N) is 1. The van der Waals surface area contributed by atoms with Gasteiger partial charge >= 0.3 is 5.97 Å². The third-order valence-corrected chi connectivity index (χ3v) is 3.40. The summed E-state index contributed by atoms with van der Waals surface area (Å²) >= 11 is 0. The lowest BCUT2D eigenvalue weighted by molar-refractivity contribution is 0.0259. The van der Waals surface area contributed by atoms with E-state index in [9.17, 15) is 9.59 Å². The molecule has 0 bridgehead atoms. The fourth-order valence-corrected chi connectivity index (χ4v) is 2.26. The molecule has 0 saturated heterocycles. The average Bonchev–Trinajstić information content (AvgIpc) is 2.86. The Hall–Kier alpha value is -2.15. The number of hydrogen-bond acceptors (Lipinski definition) is 4. The molecule has 1 fully saturated rings. The van der Waals surface area contributed by atoms with Crippen molar-refractivity contribution >= 4 is 11.8 Å². The first-order valence-corrected chi connectivity index (χ1v) is 6.33. The average molecular weight is 257 g/mol. The van der Waals surface area contributed by atoms with Crippen molar-refractivity contribution in [2.24, 2.45) is 5.92 Å². The van der Waals surface area contributed by atoms with E-state index in [-0.39, 0.29) is 17.8 Å². The van der Waals surface area contributed by atoms with Crippen LogP contribution in [0.15, 0.2) is 24.3 Å². The second-order valence-corrected chi connectivity index (χ2v) is 4.74. The van der Waals surface area contributed by atoms with E-state index >= 15 is 0 Å². The summed E-state index contributed by atoms with van der Waals surface area (Å²) < 4.78 is 5.35. The van der Waals surface area contributed by atoms with E-state index < -0.39 is 5.97 Å². The van der Waals surface area contributed by atoms with Crippen LogP contribution >= 0.6 is 0 Å². The molecule has 4 heteroatoms. The number of carbonyl (C=O) groups excluding carboxylic acids is 2. The molecular weight excluding hydrogens is 242 g/mol. The van der Waals surface area contributed by atoms with Gasteiger partial charge in [-0.15, -0.1) is 0 Å². The first-order valence-electron chi connectivity index (χ1n) is 6.33. The number of benzene rings is 1. The molecule has 1 aliphatic carbocycles. The molecule has 19 heavy (non-hydrogen) atoms. The minimum absolute atomic E-state index is 0.0414. The summed E-state index contributed by atoms with van der Waals surface area (Å²) in [6.45, 7) is 1.48. The number of ether oxygens (including phenoxy) is 1. The van der Waals surface area contributed by atoms with Gasteiger partial charge in [-0.25, -0.2) is 4.79 Å². The van der Waals surface area contributed by atoms with E-state index in [1.165, 1.54) is 6.92 Å². The fourth-order valence-electron chi connectivity index (χ4n) is 2.26. The molecule has 0 aliphatic heterocycles. The SMILES string of the molecule is CC(=O)c1ccc(C(=O)O[C@@H]2CCC[C@@H]2C#N)cc1. The first kappa shape index (κ1) is 13.3. The Morgan fingerprint density at radius 1 is 1.21 bits per heavy atom. The Balaban J connectivity index is 2.04. The van der Waals surface area contributed by atoms with Crippen molar-refractivity contribution in [3.05, 3.63) is 35.4 Å². The molecule has 0 N–H and O–H groups in total. The van der Waals surface area contributed by atoms with Crippen molar-refractivity contribution in [2.45, 2.75) is 32.3 Å². The second kappa shape index (κ2) is 5.66. The molecule has 0 radical (unpaired) electrons. The van der Waals surface area contributed by atoms with E-state index in [4.69, 9.17) is 10.00 Å². The number of Topliss-reactive ketones (excluding diaryl/α,β-unsaturated/α-hetero) is 1. The molecule has 0 unspecified atom stereocenters. The lowest BCUT2D eigenvalue weighted by atomic mass is 10.1. The number of carbonyl (C=O) groups is 2. The molecule has 2 rings (SSSR count). The molecule has 1 aliphatic rings. The molecule has 0 heterocycles. The summed E-state index contributed by atoms with van der Waals surface area (Å²) in [5, 5.41) is 8.94. The maximum absolute atomic E-state index is 11.9. The van der Waals surface area contributed by atoms with E-state index in [1.807, 2.05) is 0 Å². The Labute approximate surface area is 112 Å². The zero-order chi connectivity index (χ0) is 13.8. The van der Waals surface area contributed by atoms with Crippen LogP contribution < -0.4 is 0 Å². The molecule has 1 saturated carbocycles. The predicted octanol–water partition coefficient (Wildman–Crippen LogP) is 2.74. The third-order valence-electron chi connectivity index (χ3n) is 3.40. The van der Waals surface area contributed by atoms with Crippen LogP contribution in [0.1, 0.15) is 46.9 Å². The Bertz CT molecular complexity index is 527. The maximum Gasteiger partial charge on any atom is 0.338 e. The van der Waals surface area contributed by atoms with Crippen molar-refractivity contribution < 1.29 is 14.3 Å². The zero-order valence-electron chi connectivity index (χ0n) is 10.8. The predicted molar refractivity (Wildman–Crippen MR) is 68.6 cm³/mol. The normalized spacial score (nSPS) is 21.7. The highest BCUT2D eigenvalue weighted by atomic mass is 16.5. The van der Waals surface area contributed by atoms with Gasteiger partial charge in [0.1, 0.15) is 6.10 Å². The molecule has 98 valence electrons. The standard InChI is InChI=1S/C15H15NO3/c1-10(17)11-5-7-12(8-6-11)15(18)19-14-4-2-3-13(14)9-16/h5-8,13-14H,2-4H2,1H3/t13-,14-/m1/s1. The van der Waals surface area contributed by atoms with Gasteiger partial charge in [-0.3, -0.25) is 4.79 Å². The lowest BCUT2D eigenvalue weighted by Crippen LogP contribution is -2.21. The first-order chi connectivity index (χ1) is 9.11. The number of nitriles is 1. The minimum Gasteiger partial charge on any atom is -0.457 e. The quantitative estimate of drug-likeness (QED) is 0.616. The summed E-state index contributed by atoms with van der Waals surface area (Å²) in [7, 11) is 0. The van der Waals surface area contributed by atoms with Gasteiger partial charge in [0.05, 0.1) is 17.6 Å².